The molecule has 0 bridgehead atoms. The van der Waals surface area contributed by atoms with Gasteiger partial charge in [0.25, 0.3) is 0 Å². The Morgan fingerprint density at radius 3 is 2.65 bits per heavy atom. The highest BCUT2D eigenvalue weighted by atomic mass is 15.1. The summed E-state index contributed by atoms with van der Waals surface area (Å²) in [6, 6.07) is 15.0. The molecule has 0 aliphatic heterocycles. The fourth-order valence-electron chi connectivity index (χ4n) is 2.42. The zero-order valence-corrected chi connectivity index (χ0v) is 9.77. The van der Waals surface area contributed by atoms with Crippen LogP contribution in [0.5, 0.6) is 0 Å². The molecule has 0 saturated heterocycles. The molecular weight excluding hydrogens is 208 g/mol. The molecule has 0 saturated carbocycles. The fraction of sp³-hybridized carbons (Fsp3) is 0.133. The first kappa shape index (κ1) is 10.1. The summed E-state index contributed by atoms with van der Waals surface area (Å²) in [6.45, 7) is 1.93. The Morgan fingerprint density at radius 1 is 1.06 bits per heavy atom. The highest BCUT2D eigenvalue weighted by Crippen LogP contribution is 2.36. The smallest absolute Gasteiger partial charge is 0.0642 e. The molecule has 2 heteroatoms. The van der Waals surface area contributed by atoms with Crippen molar-refractivity contribution < 1.29 is 0 Å². The Kier molecular flexibility index (Phi) is 2.22. The molecule has 0 atom stereocenters. The van der Waals surface area contributed by atoms with E-state index < -0.39 is 0 Å². The molecule has 1 aliphatic rings. The van der Waals surface area contributed by atoms with Gasteiger partial charge in [-0.3, -0.25) is 0 Å². The zero-order valence-electron chi connectivity index (χ0n) is 9.77. The van der Waals surface area contributed by atoms with Gasteiger partial charge in [0.1, 0.15) is 0 Å². The predicted octanol–water partition coefficient (Wildman–Crippen LogP) is 2.94. The molecular formula is C15H14N2. The van der Waals surface area contributed by atoms with E-state index in [4.69, 9.17) is 5.84 Å². The Labute approximate surface area is 101 Å². The monoisotopic (exact) mass is 222 g/mol. The van der Waals surface area contributed by atoms with Crippen molar-refractivity contribution in [2.24, 2.45) is 10.9 Å². The van der Waals surface area contributed by atoms with E-state index in [0.717, 1.165) is 17.7 Å². The lowest BCUT2D eigenvalue weighted by Crippen LogP contribution is -1.99. The Balaban J connectivity index is 2.18. The third kappa shape index (κ3) is 1.53. The van der Waals surface area contributed by atoms with Crippen LogP contribution in [0.1, 0.15) is 23.6 Å². The van der Waals surface area contributed by atoms with Gasteiger partial charge in [0, 0.05) is 0 Å². The highest BCUT2D eigenvalue weighted by Gasteiger charge is 2.18. The maximum atomic E-state index is 5.33. The Morgan fingerprint density at radius 2 is 1.82 bits per heavy atom. The minimum Gasteiger partial charge on any atom is -0.323 e. The molecule has 0 fully saturated rings. The zero-order chi connectivity index (χ0) is 11.8. The van der Waals surface area contributed by atoms with Crippen LogP contribution in [0.15, 0.2) is 47.6 Å². The molecule has 3 rings (SSSR count). The van der Waals surface area contributed by atoms with Crippen molar-refractivity contribution in [3.8, 4) is 11.1 Å². The highest BCUT2D eigenvalue weighted by molar-refractivity contribution is 6.00. The van der Waals surface area contributed by atoms with Crippen LogP contribution in [0.2, 0.25) is 0 Å². The first-order valence-electron chi connectivity index (χ1n) is 5.75. The molecule has 0 heterocycles. The Bertz CT molecular complexity index is 612. The Hall–Kier alpha value is -2.09. The largest absolute Gasteiger partial charge is 0.323 e. The molecule has 2 nitrogen and oxygen atoms in total. The van der Waals surface area contributed by atoms with Crippen LogP contribution in [0, 0.1) is 0 Å². The summed E-state index contributed by atoms with van der Waals surface area (Å²) in [5.74, 6) is 5.33. The fourth-order valence-corrected chi connectivity index (χ4v) is 2.42. The van der Waals surface area contributed by atoms with Crippen LogP contribution >= 0.6 is 0 Å². The number of hydrogen-bond acceptors (Lipinski definition) is 2. The number of benzene rings is 2. The maximum absolute atomic E-state index is 5.33. The van der Waals surface area contributed by atoms with E-state index in [1.807, 2.05) is 6.92 Å². The quantitative estimate of drug-likeness (QED) is 0.384. The number of nitrogens with zero attached hydrogens (tertiary/aromatic N) is 1. The van der Waals surface area contributed by atoms with Crippen molar-refractivity contribution in [3.63, 3.8) is 0 Å². The van der Waals surface area contributed by atoms with Crippen molar-refractivity contribution in [1.82, 2.24) is 0 Å². The normalized spacial score (nSPS) is 13.4. The van der Waals surface area contributed by atoms with Gasteiger partial charge in [0.2, 0.25) is 0 Å². The van der Waals surface area contributed by atoms with E-state index in [9.17, 15) is 0 Å². The number of rotatable bonds is 1. The molecule has 2 aromatic carbocycles. The number of nitrogens with two attached hydrogens (primary N) is 1. The van der Waals surface area contributed by atoms with Gasteiger partial charge in [-0.05, 0) is 47.2 Å². The van der Waals surface area contributed by atoms with Gasteiger partial charge in [-0.25, -0.2) is 0 Å². The van der Waals surface area contributed by atoms with E-state index in [-0.39, 0.29) is 0 Å². The van der Waals surface area contributed by atoms with Gasteiger partial charge in [-0.15, -0.1) is 0 Å². The van der Waals surface area contributed by atoms with Crippen LogP contribution in [0.4, 0.5) is 0 Å². The molecule has 0 unspecified atom stereocenters. The van der Waals surface area contributed by atoms with Gasteiger partial charge in [-0.2, -0.15) is 5.10 Å². The lowest BCUT2D eigenvalue weighted by Gasteiger charge is -2.04. The van der Waals surface area contributed by atoms with E-state index in [1.165, 1.54) is 22.3 Å². The third-order valence-corrected chi connectivity index (χ3v) is 3.41. The van der Waals surface area contributed by atoms with Gasteiger partial charge in [-0.1, -0.05) is 36.4 Å². The average Bonchev–Trinajstić information content (AvgIpc) is 2.75. The summed E-state index contributed by atoms with van der Waals surface area (Å²) < 4.78 is 0. The summed E-state index contributed by atoms with van der Waals surface area (Å²) in [7, 11) is 0. The van der Waals surface area contributed by atoms with Crippen LogP contribution in [-0.4, -0.2) is 5.71 Å². The van der Waals surface area contributed by atoms with Crippen LogP contribution < -0.4 is 5.84 Å². The molecule has 0 amide bonds. The molecule has 0 aromatic heterocycles. The molecule has 2 N–H and O–H groups in total. The van der Waals surface area contributed by atoms with Crippen LogP contribution in [-0.2, 0) is 6.42 Å². The van der Waals surface area contributed by atoms with Gasteiger partial charge < -0.3 is 5.84 Å². The molecule has 0 radical (unpaired) electrons. The van der Waals surface area contributed by atoms with Crippen LogP contribution in [0.3, 0.4) is 0 Å². The van der Waals surface area contributed by atoms with Crippen LogP contribution in [0.25, 0.3) is 11.1 Å². The minimum absolute atomic E-state index is 0.872. The maximum Gasteiger partial charge on any atom is 0.0642 e. The lowest BCUT2D eigenvalue weighted by atomic mass is 10.0. The van der Waals surface area contributed by atoms with Crippen molar-refractivity contribution in [1.29, 1.82) is 0 Å². The summed E-state index contributed by atoms with van der Waals surface area (Å²) in [5.41, 5.74) is 7.43. The van der Waals surface area contributed by atoms with Crippen molar-refractivity contribution >= 4 is 5.71 Å². The SMILES string of the molecule is CC(=NN)c1ccc2c(c1)-c1ccccc1C2. The number of hydrazone groups is 1. The topological polar surface area (TPSA) is 38.4 Å². The van der Waals surface area contributed by atoms with E-state index in [2.05, 4.69) is 47.6 Å². The standard InChI is InChI=1S/C15H14N2/c1-10(17-16)11-6-7-13-8-12-4-2-3-5-14(12)15(13)9-11/h2-7,9H,8,16H2,1H3. The van der Waals surface area contributed by atoms with E-state index in [1.54, 1.807) is 0 Å². The molecule has 1 aliphatic carbocycles. The van der Waals surface area contributed by atoms with E-state index in [0.29, 0.717) is 0 Å². The van der Waals surface area contributed by atoms with Crippen molar-refractivity contribution in [3.05, 3.63) is 59.2 Å². The second-order valence-corrected chi connectivity index (χ2v) is 4.42. The lowest BCUT2D eigenvalue weighted by molar-refractivity contribution is 1.23. The second kappa shape index (κ2) is 3.74. The second-order valence-electron chi connectivity index (χ2n) is 4.42. The molecule has 17 heavy (non-hydrogen) atoms. The molecule has 0 spiro atoms. The van der Waals surface area contributed by atoms with Crippen molar-refractivity contribution in [2.45, 2.75) is 13.3 Å². The van der Waals surface area contributed by atoms with Gasteiger partial charge >= 0.3 is 0 Å². The first-order valence-corrected chi connectivity index (χ1v) is 5.75. The first-order chi connectivity index (χ1) is 8.29. The van der Waals surface area contributed by atoms with E-state index >= 15 is 0 Å². The average molecular weight is 222 g/mol. The number of hydrogen-bond donors (Lipinski definition) is 1. The van der Waals surface area contributed by atoms with Crippen molar-refractivity contribution in [2.75, 3.05) is 0 Å². The summed E-state index contributed by atoms with van der Waals surface area (Å²) in [5, 5.41) is 3.76. The summed E-state index contributed by atoms with van der Waals surface area (Å²) in [4.78, 5) is 0. The summed E-state index contributed by atoms with van der Waals surface area (Å²) >= 11 is 0. The summed E-state index contributed by atoms with van der Waals surface area (Å²) in [6.07, 6.45) is 1.03. The molecule has 84 valence electrons. The minimum atomic E-state index is 0.872. The van der Waals surface area contributed by atoms with Gasteiger partial charge in [0.15, 0.2) is 0 Å². The molecule has 2 aromatic rings. The predicted molar refractivity (Wildman–Crippen MR) is 71.1 cm³/mol. The number of fused-ring (bicyclic) bond motifs is 3. The third-order valence-electron chi connectivity index (χ3n) is 3.41. The van der Waals surface area contributed by atoms with Gasteiger partial charge in [0.05, 0.1) is 5.71 Å².